The van der Waals surface area contributed by atoms with E-state index in [1.807, 2.05) is 19.1 Å². The van der Waals surface area contributed by atoms with Crippen LogP contribution in [0, 0.1) is 6.92 Å². The van der Waals surface area contributed by atoms with E-state index in [-0.39, 0.29) is 16.2 Å². The first-order valence-electron chi connectivity index (χ1n) is 11.1. The van der Waals surface area contributed by atoms with Crippen molar-refractivity contribution >= 4 is 39.4 Å². The van der Waals surface area contributed by atoms with E-state index in [0.717, 1.165) is 5.56 Å². The minimum absolute atomic E-state index is 0.0177. The van der Waals surface area contributed by atoms with E-state index >= 15 is 0 Å². The Morgan fingerprint density at radius 3 is 2.39 bits per heavy atom. The summed E-state index contributed by atoms with van der Waals surface area (Å²) >= 11 is 6.09. The molecule has 8 heteroatoms. The van der Waals surface area contributed by atoms with E-state index in [2.05, 4.69) is 4.72 Å². The van der Waals surface area contributed by atoms with Crippen LogP contribution in [0.15, 0.2) is 102 Å². The average Bonchev–Trinajstić information content (AvgIpc) is 3.33. The first-order chi connectivity index (χ1) is 17.2. The quantitative estimate of drug-likeness (QED) is 0.311. The van der Waals surface area contributed by atoms with Crippen molar-refractivity contribution < 1.29 is 18.0 Å². The third-order valence-corrected chi connectivity index (χ3v) is 7.10. The van der Waals surface area contributed by atoms with Gasteiger partial charge in [0.05, 0.1) is 10.6 Å². The summed E-state index contributed by atoms with van der Waals surface area (Å²) in [6.07, 6.45) is 5.28. The van der Waals surface area contributed by atoms with Gasteiger partial charge >= 0.3 is 0 Å². The third kappa shape index (κ3) is 5.82. The molecule has 1 heterocycles. The van der Waals surface area contributed by atoms with Gasteiger partial charge in [0.25, 0.3) is 15.9 Å². The Kier molecular flexibility index (Phi) is 7.52. The van der Waals surface area contributed by atoms with Crippen LogP contribution in [0.2, 0.25) is 5.02 Å². The molecule has 0 aliphatic heterocycles. The standard InChI is InChI=1S/C28H23ClN2O4S/c1-20-11-13-22(14-12-20)27(32)26-10-6-18-31(26)17-5-7-21-15-16-23(29)19-25(21)28(33)30-36(34,35)24-8-3-2-4-9-24/h2-16,18-19H,17H2,1H3,(H,30,33)/b7-5+. The number of ketones is 1. The van der Waals surface area contributed by atoms with Crippen molar-refractivity contribution in [2.45, 2.75) is 18.4 Å². The fourth-order valence-corrected chi connectivity index (χ4v) is 4.79. The van der Waals surface area contributed by atoms with Gasteiger partial charge in [0.15, 0.2) is 0 Å². The number of rotatable bonds is 8. The second-order valence-electron chi connectivity index (χ2n) is 8.12. The third-order valence-electron chi connectivity index (χ3n) is 5.52. The van der Waals surface area contributed by atoms with Crippen molar-refractivity contribution in [2.24, 2.45) is 0 Å². The lowest BCUT2D eigenvalue weighted by atomic mass is 10.1. The van der Waals surface area contributed by atoms with E-state index < -0.39 is 15.9 Å². The molecule has 0 saturated carbocycles. The number of nitrogens with one attached hydrogen (secondary N) is 1. The number of sulfonamides is 1. The van der Waals surface area contributed by atoms with Crippen molar-refractivity contribution in [3.05, 3.63) is 130 Å². The average molecular weight is 519 g/mol. The van der Waals surface area contributed by atoms with E-state index in [9.17, 15) is 18.0 Å². The summed E-state index contributed by atoms with van der Waals surface area (Å²) in [6, 6.07) is 23.2. The molecule has 0 spiro atoms. The van der Waals surface area contributed by atoms with Crippen molar-refractivity contribution in [3.8, 4) is 0 Å². The van der Waals surface area contributed by atoms with E-state index in [4.69, 9.17) is 11.6 Å². The minimum Gasteiger partial charge on any atom is -0.341 e. The molecule has 36 heavy (non-hydrogen) atoms. The Balaban J connectivity index is 1.53. The fourth-order valence-electron chi connectivity index (χ4n) is 3.63. The highest BCUT2D eigenvalue weighted by Gasteiger charge is 2.20. The molecule has 0 aliphatic carbocycles. The SMILES string of the molecule is Cc1ccc(C(=O)c2cccn2C/C=C/c2ccc(Cl)cc2C(=O)NS(=O)(=O)c2ccccc2)cc1. The molecule has 182 valence electrons. The van der Waals surface area contributed by atoms with Crippen LogP contribution in [0.4, 0.5) is 0 Å². The van der Waals surface area contributed by atoms with Gasteiger partial charge in [-0.05, 0) is 48.9 Å². The van der Waals surface area contributed by atoms with Gasteiger partial charge in [0.2, 0.25) is 5.78 Å². The molecule has 6 nitrogen and oxygen atoms in total. The van der Waals surface area contributed by atoms with Crippen molar-refractivity contribution in [2.75, 3.05) is 0 Å². The highest BCUT2D eigenvalue weighted by molar-refractivity contribution is 7.90. The molecule has 1 N–H and O–H groups in total. The number of halogens is 1. The number of aryl methyl sites for hydroxylation is 1. The Bertz CT molecular complexity index is 1540. The summed E-state index contributed by atoms with van der Waals surface area (Å²) in [5, 5.41) is 0.297. The molecule has 0 bridgehead atoms. The summed E-state index contributed by atoms with van der Waals surface area (Å²) < 4.78 is 29.1. The van der Waals surface area contributed by atoms with Gasteiger partial charge < -0.3 is 4.57 Å². The topological polar surface area (TPSA) is 85.2 Å². The summed E-state index contributed by atoms with van der Waals surface area (Å²) in [7, 11) is -4.05. The lowest BCUT2D eigenvalue weighted by Crippen LogP contribution is -2.31. The largest absolute Gasteiger partial charge is 0.341 e. The van der Waals surface area contributed by atoms with Crippen LogP contribution in [-0.4, -0.2) is 24.7 Å². The molecular weight excluding hydrogens is 496 g/mol. The van der Waals surface area contributed by atoms with Crippen LogP contribution in [0.25, 0.3) is 6.08 Å². The van der Waals surface area contributed by atoms with Crippen molar-refractivity contribution in [3.63, 3.8) is 0 Å². The van der Waals surface area contributed by atoms with Gasteiger partial charge in [-0.1, -0.05) is 77.8 Å². The number of carbonyl (C=O) groups is 2. The van der Waals surface area contributed by atoms with Crippen LogP contribution >= 0.6 is 11.6 Å². The second kappa shape index (κ2) is 10.8. The molecule has 0 atom stereocenters. The summed E-state index contributed by atoms with van der Waals surface area (Å²) in [5.74, 6) is -0.886. The van der Waals surface area contributed by atoms with E-state index in [1.165, 1.54) is 18.2 Å². The Morgan fingerprint density at radius 2 is 1.67 bits per heavy atom. The number of amides is 1. The Labute approximate surface area is 214 Å². The summed E-state index contributed by atoms with van der Waals surface area (Å²) in [5.41, 5.74) is 2.80. The predicted octanol–water partition coefficient (Wildman–Crippen LogP) is 5.51. The number of benzene rings is 3. The van der Waals surface area contributed by atoms with Crippen LogP contribution < -0.4 is 4.72 Å². The van der Waals surface area contributed by atoms with E-state index in [0.29, 0.717) is 28.4 Å². The first kappa shape index (κ1) is 25.2. The second-order valence-corrected chi connectivity index (χ2v) is 10.2. The normalized spacial score (nSPS) is 11.5. The molecule has 0 unspecified atom stereocenters. The maximum Gasteiger partial charge on any atom is 0.265 e. The molecule has 1 amide bonds. The Morgan fingerprint density at radius 1 is 0.944 bits per heavy atom. The van der Waals surface area contributed by atoms with Crippen molar-refractivity contribution in [1.29, 1.82) is 0 Å². The fraction of sp³-hybridized carbons (Fsp3) is 0.0714. The lowest BCUT2D eigenvalue weighted by Gasteiger charge is -2.10. The van der Waals surface area contributed by atoms with Crippen molar-refractivity contribution in [1.82, 2.24) is 9.29 Å². The lowest BCUT2D eigenvalue weighted by molar-refractivity contribution is 0.0980. The van der Waals surface area contributed by atoms with Crippen LogP contribution in [-0.2, 0) is 16.6 Å². The van der Waals surface area contributed by atoms with Gasteiger partial charge in [-0.25, -0.2) is 13.1 Å². The predicted molar refractivity (Wildman–Crippen MR) is 141 cm³/mol. The number of nitrogens with zero attached hydrogens (tertiary/aromatic N) is 1. The van der Waals surface area contributed by atoms with Crippen LogP contribution in [0.3, 0.4) is 0 Å². The summed E-state index contributed by atoms with van der Waals surface area (Å²) in [4.78, 5) is 25.8. The monoisotopic (exact) mass is 518 g/mol. The zero-order valence-electron chi connectivity index (χ0n) is 19.4. The highest BCUT2D eigenvalue weighted by Crippen LogP contribution is 2.19. The molecule has 0 saturated heterocycles. The Hall–Kier alpha value is -3.94. The zero-order valence-corrected chi connectivity index (χ0v) is 21.0. The number of carbonyl (C=O) groups excluding carboxylic acids is 2. The minimum atomic E-state index is -4.05. The van der Waals surface area contributed by atoms with Gasteiger partial charge in [-0.3, -0.25) is 9.59 Å². The number of hydrogen-bond acceptors (Lipinski definition) is 4. The molecule has 3 aromatic carbocycles. The maximum atomic E-state index is 12.9. The van der Waals surface area contributed by atoms with Gasteiger partial charge in [0, 0.05) is 28.9 Å². The zero-order chi connectivity index (χ0) is 25.7. The number of aromatic nitrogens is 1. The molecule has 4 aromatic rings. The van der Waals surface area contributed by atoms with Crippen LogP contribution in [0.5, 0.6) is 0 Å². The molecule has 4 rings (SSSR count). The number of allylic oxidation sites excluding steroid dienone is 1. The molecular formula is C28H23ClN2O4S. The smallest absolute Gasteiger partial charge is 0.265 e. The summed E-state index contributed by atoms with van der Waals surface area (Å²) in [6.45, 7) is 2.33. The first-order valence-corrected chi connectivity index (χ1v) is 13.0. The maximum absolute atomic E-state index is 12.9. The molecule has 0 radical (unpaired) electrons. The van der Waals surface area contributed by atoms with Gasteiger partial charge in [-0.2, -0.15) is 0 Å². The molecule has 1 aromatic heterocycles. The van der Waals surface area contributed by atoms with Gasteiger partial charge in [-0.15, -0.1) is 0 Å². The highest BCUT2D eigenvalue weighted by atomic mass is 35.5. The van der Waals surface area contributed by atoms with E-state index in [1.54, 1.807) is 77.5 Å². The molecule has 0 aliphatic rings. The molecule has 0 fully saturated rings. The van der Waals surface area contributed by atoms with Gasteiger partial charge in [0.1, 0.15) is 0 Å². The number of hydrogen-bond donors (Lipinski definition) is 1. The van der Waals surface area contributed by atoms with Crippen LogP contribution in [0.1, 0.15) is 37.5 Å².